The first-order chi connectivity index (χ1) is 14.3. The standard InChI is InChI=1S/C25H33NO4/c1-5-8-22(2,28)17-14-23-9-10-25(17,29-4)21-24(23)11-12-26(3)18(23)13-15-6-7-16(27)20(30-21)19(15)24/h6-7,9-10,17-18,21,27-28H,5,8,11-14H2,1-4H3/p+1/t17-,18+,21+,22-,23+,24-,25-/m1/s1. The summed E-state index contributed by atoms with van der Waals surface area (Å²) in [5.74, 6) is 0.852. The first-order valence-corrected chi connectivity index (χ1v) is 11.6. The molecule has 0 aromatic heterocycles. The summed E-state index contributed by atoms with van der Waals surface area (Å²) in [5, 5.41) is 22.5. The Kier molecular flexibility index (Phi) is 3.59. The van der Waals surface area contributed by atoms with E-state index in [4.69, 9.17) is 9.47 Å². The lowest BCUT2D eigenvalue weighted by Crippen LogP contribution is -3.18. The molecular formula is C25H34NO4+. The second-order valence-corrected chi connectivity index (χ2v) is 10.8. The summed E-state index contributed by atoms with van der Waals surface area (Å²) in [6, 6.07) is 4.34. The number of nitrogens with one attached hydrogen (secondary N) is 1. The number of phenolic OH excluding ortho intramolecular Hbond substituents is 1. The van der Waals surface area contributed by atoms with E-state index in [9.17, 15) is 10.2 Å². The fraction of sp³-hybridized carbons (Fsp3) is 0.680. The first-order valence-electron chi connectivity index (χ1n) is 11.6. The van der Waals surface area contributed by atoms with Crippen molar-refractivity contribution in [2.45, 2.75) is 74.7 Å². The summed E-state index contributed by atoms with van der Waals surface area (Å²) in [4.78, 5) is 1.57. The van der Waals surface area contributed by atoms with Crippen LogP contribution in [0.2, 0.25) is 0 Å². The third kappa shape index (κ3) is 1.80. The van der Waals surface area contributed by atoms with E-state index in [1.807, 2.05) is 6.92 Å². The van der Waals surface area contributed by atoms with Crippen molar-refractivity contribution in [1.29, 1.82) is 0 Å². The number of ether oxygens (including phenoxy) is 2. The Morgan fingerprint density at radius 1 is 1.33 bits per heavy atom. The lowest BCUT2D eigenvalue weighted by Gasteiger charge is -2.70. The Morgan fingerprint density at radius 2 is 2.13 bits per heavy atom. The minimum Gasteiger partial charge on any atom is -0.504 e. The Balaban J connectivity index is 1.66. The van der Waals surface area contributed by atoms with Crippen LogP contribution in [0, 0.1) is 11.3 Å². The molecule has 2 fully saturated rings. The van der Waals surface area contributed by atoms with Crippen LogP contribution >= 0.6 is 0 Å². The molecule has 1 saturated carbocycles. The Labute approximate surface area is 178 Å². The monoisotopic (exact) mass is 412 g/mol. The predicted molar refractivity (Wildman–Crippen MR) is 113 cm³/mol. The van der Waals surface area contributed by atoms with Crippen molar-refractivity contribution in [2.75, 3.05) is 20.7 Å². The summed E-state index contributed by atoms with van der Waals surface area (Å²) in [5.41, 5.74) is 0.736. The van der Waals surface area contributed by atoms with Crippen LogP contribution in [0.1, 0.15) is 50.7 Å². The number of rotatable bonds is 4. The van der Waals surface area contributed by atoms with Crippen LogP contribution in [0.15, 0.2) is 24.3 Å². The van der Waals surface area contributed by atoms with Crippen LogP contribution in [-0.4, -0.2) is 54.3 Å². The summed E-state index contributed by atoms with van der Waals surface area (Å²) in [7, 11) is 4.09. The first kappa shape index (κ1) is 19.1. The summed E-state index contributed by atoms with van der Waals surface area (Å²) in [6.07, 6.45) is 9.01. The highest BCUT2D eigenvalue weighted by Crippen LogP contribution is 2.74. The van der Waals surface area contributed by atoms with Crippen molar-refractivity contribution in [3.8, 4) is 11.5 Å². The van der Waals surface area contributed by atoms with Gasteiger partial charge in [-0.2, -0.15) is 0 Å². The van der Waals surface area contributed by atoms with Gasteiger partial charge in [0.2, 0.25) is 0 Å². The van der Waals surface area contributed by atoms with Crippen molar-refractivity contribution >= 4 is 0 Å². The Morgan fingerprint density at radius 3 is 2.87 bits per heavy atom. The number of hydrogen-bond donors (Lipinski definition) is 3. The topological polar surface area (TPSA) is 63.4 Å². The second-order valence-electron chi connectivity index (χ2n) is 10.8. The van der Waals surface area contributed by atoms with Gasteiger partial charge in [-0.15, -0.1) is 0 Å². The molecular weight excluding hydrogens is 378 g/mol. The van der Waals surface area contributed by atoms with E-state index in [0.29, 0.717) is 11.8 Å². The van der Waals surface area contributed by atoms with Crippen LogP contribution in [-0.2, 0) is 16.6 Å². The summed E-state index contributed by atoms with van der Waals surface area (Å²) in [6.45, 7) is 5.20. The van der Waals surface area contributed by atoms with Gasteiger partial charge in [0.25, 0.3) is 0 Å². The molecule has 1 saturated heterocycles. The van der Waals surface area contributed by atoms with Gasteiger partial charge < -0.3 is 24.6 Å². The molecule has 2 aliphatic heterocycles. The van der Waals surface area contributed by atoms with Crippen molar-refractivity contribution < 1.29 is 24.6 Å². The van der Waals surface area contributed by atoms with E-state index in [0.717, 1.165) is 38.6 Å². The van der Waals surface area contributed by atoms with Crippen LogP contribution in [0.5, 0.6) is 11.5 Å². The van der Waals surface area contributed by atoms with Gasteiger partial charge in [-0.05, 0) is 31.4 Å². The molecule has 5 heteroatoms. The molecule has 162 valence electrons. The number of piperidine rings is 1. The van der Waals surface area contributed by atoms with E-state index in [-0.39, 0.29) is 28.6 Å². The molecule has 7 rings (SSSR count). The number of likely N-dealkylation sites (N-methyl/N-ethyl adjacent to an activating group) is 1. The van der Waals surface area contributed by atoms with E-state index in [1.165, 1.54) is 11.1 Å². The molecule has 2 heterocycles. The molecule has 1 unspecified atom stereocenters. The molecule has 1 aromatic carbocycles. The van der Waals surface area contributed by atoms with Crippen molar-refractivity contribution in [1.82, 2.24) is 0 Å². The normalized spacial score (nSPS) is 46.3. The van der Waals surface area contributed by atoms with Crippen LogP contribution in [0.4, 0.5) is 0 Å². The van der Waals surface area contributed by atoms with Crippen LogP contribution in [0.3, 0.4) is 0 Å². The number of fused-ring (bicyclic) bond motifs is 1. The maximum atomic E-state index is 11.7. The van der Waals surface area contributed by atoms with E-state index < -0.39 is 11.2 Å². The average molecular weight is 413 g/mol. The fourth-order valence-electron chi connectivity index (χ4n) is 8.60. The number of benzene rings is 1. The van der Waals surface area contributed by atoms with Crippen molar-refractivity contribution in [2.24, 2.45) is 11.3 Å². The van der Waals surface area contributed by atoms with Crippen molar-refractivity contribution in [3.05, 3.63) is 35.4 Å². The van der Waals surface area contributed by atoms with E-state index >= 15 is 0 Å². The molecule has 0 radical (unpaired) electrons. The molecule has 4 bridgehead atoms. The average Bonchev–Trinajstić information content (AvgIpc) is 3.09. The number of quaternary nitrogens is 1. The second kappa shape index (κ2) is 5.62. The molecule has 2 spiro atoms. The fourth-order valence-corrected chi connectivity index (χ4v) is 8.60. The minimum atomic E-state index is -0.840. The number of phenols is 1. The lowest BCUT2D eigenvalue weighted by atomic mass is 9.36. The summed E-state index contributed by atoms with van der Waals surface area (Å²) < 4.78 is 13.1. The predicted octanol–water partition coefficient (Wildman–Crippen LogP) is 1.75. The van der Waals surface area contributed by atoms with Crippen LogP contribution in [0.25, 0.3) is 0 Å². The number of hydrogen-bond acceptors (Lipinski definition) is 4. The zero-order valence-corrected chi connectivity index (χ0v) is 18.5. The summed E-state index contributed by atoms with van der Waals surface area (Å²) >= 11 is 0. The van der Waals surface area contributed by atoms with Crippen LogP contribution < -0.4 is 9.64 Å². The number of aliphatic hydroxyl groups is 1. The number of aromatic hydroxyl groups is 1. The van der Waals surface area contributed by atoms with E-state index in [2.05, 4.69) is 32.2 Å². The van der Waals surface area contributed by atoms with Gasteiger partial charge in [-0.3, -0.25) is 0 Å². The van der Waals surface area contributed by atoms with Gasteiger partial charge in [-0.25, -0.2) is 0 Å². The highest BCUT2D eigenvalue weighted by Gasteiger charge is 2.81. The van der Waals surface area contributed by atoms with E-state index in [1.54, 1.807) is 18.1 Å². The maximum Gasteiger partial charge on any atom is 0.165 e. The molecule has 4 aliphatic carbocycles. The van der Waals surface area contributed by atoms with Gasteiger partial charge >= 0.3 is 0 Å². The molecule has 30 heavy (non-hydrogen) atoms. The number of likely N-dealkylation sites (tertiary alicyclic amines) is 1. The Hall–Kier alpha value is -1.56. The van der Waals surface area contributed by atoms with Gasteiger partial charge in [0.05, 0.1) is 30.0 Å². The smallest absolute Gasteiger partial charge is 0.165 e. The third-order valence-corrected chi connectivity index (χ3v) is 9.74. The van der Waals surface area contributed by atoms with Gasteiger partial charge in [0.1, 0.15) is 17.7 Å². The molecule has 0 amide bonds. The Bertz CT molecular complexity index is 957. The minimum absolute atomic E-state index is 0.0514. The van der Waals surface area contributed by atoms with Gasteiger partial charge in [0.15, 0.2) is 11.5 Å². The highest BCUT2D eigenvalue weighted by molar-refractivity contribution is 5.64. The molecule has 1 aromatic rings. The third-order valence-electron chi connectivity index (χ3n) is 9.74. The lowest BCUT2D eigenvalue weighted by molar-refractivity contribution is -0.923. The molecule has 8 atom stereocenters. The zero-order valence-electron chi connectivity index (χ0n) is 18.5. The zero-order chi connectivity index (χ0) is 21.1. The SMILES string of the molecule is CCC[C@@](C)(O)[C@H]1C[C@]23C=C[C@]1(OC)[C@H]1Oc4c(O)ccc5c4[C@]12CC[NH+](C)[C@H]3C5. The quantitative estimate of drug-likeness (QED) is 0.660. The van der Waals surface area contributed by atoms with Gasteiger partial charge in [-0.1, -0.05) is 31.6 Å². The maximum absolute atomic E-state index is 11.7. The number of methoxy groups -OCH3 is 1. The molecule has 5 nitrogen and oxygen atoms in total. The molecule has 3 N–H and O–H groups in total. The van der Waals surface area contributed by atoms with Crippen molar-refractivity contribution in [3.63, 3.8) is 0 Å². The van der Waals surface area contributed by atoms with Gasteiger partial charge in [0, 0.05) is 31.4 Å². The highest BCUT2D eigenvalue weighted by atomic mass is 16.6. The largest absolute Gasteiger partial charge is 0.504 e. The molecule has 6 aliphatic rings.